The van der Waals surface area contributed by atoms with Crippen molar-refractivity contribution in [2.24, 2.45) is 0 Å². The molecule has 1 aliphatic rings. The third-order valence-corrected chi connectivity index (χ3v) is 12.8. The van der Waals surface area contributed by atoms with E-state index in [4.69, 9.17) is 8.75 Å². The molecule has 0 radical (unpaired) electrons. The van der Waals surface area contributed by atoms with Crippen LogP contribution in [-0.2, 0) is 16.2 Å². The molecule has 0 amide bonds. The van der Waals surface area contributed by atoms with Crippen LogP contribution in [0.2, 0.25) is 0 Å². The van der Waals surface area contributed by atoms with Crippen molar-refractivity contribution < 1.29 is 0 Å². The Morgan fingerprint density at radius 2 is 1.10 bits per heavy atom. The second-order valence-electron chi connectivity index (χ2n) is 16.6. The average Bonchev–Trinajstić information content (AvgIpc) is 3.69. The lowest BCUT2D eigenvalue weighted by molar-refractivity contribution is 0.396. The van der Waals surface area contributed by atoms with Crippen molar-refractivity contribution in [2.75, 3.05) is 0 Å². The van der Waals surface area contributed by atoms with Crippen LogP contribution in [0.1, 0.15) is 187 Å². The Kier molecular flexibility index (Phi) is 12.8. The van der Waals surface area contributed by atoms with Crippen molar-refractivity contribution in [3.8, 4) is 22.3 Å². The topological polar surface area (TPSA) is 25.8 Å². The molecule has 0 bridgehead atoms. The van der Waals surface area contributed by atoms with Gasteiger partial charge in [-0.05, 0) is 81.5 Å². The molecule has 0 spiro atoms. The van der Waals surface area contributed by atoms with E-state index in [1.807, 2.05) is 0 Å². The second-order valence-corrected chi connectivity index (χ2v) is 17.2. The van der Waals surface area contributed by atoms with Gasteiger partial charge in [0.15, 0.2) is 0 Å². The first-order valence-corrected chi connectivity index (χ1v) is 20.9. The van der Waals surface area contributed by atoms with Gasteiger partial charge in [0.05, 0.1) is 11.7 Å². The van der Waals surface area contributed by atoms with Crippen molar-refractivity contribution >= 4 is 22.8 Å². The van der Waals surface area contributed by atoms with Gasteiger partial charge in [0.1, 0.15) is 11.0 Å². The molecule has 5 rings (SSSR count). The first-order valence-electron chi connectivity index (χ1n) is 20.2. The summed E-state index contributed by atoms with van der Waals surface area (Å²) < 4.78 is 9.85. The lowest BCUT2D eigenvalue weighted by atomic mass is 9.69. The standard InChI is InChI=1S/C46H66N2S/c1-9-13-15-17-19-21-30-46(31-22-20-18-16-14-10-2)40-32-34(23-25-37(40)38-26-24-35(33-41(38)46)44(5,6)12-4)36-27-28-39(45(7,8)29-11-3)43-42(36)47-49-48-43/h23-28,32-33H,9-22,29-31H2,1-8H3. The van der Waals surface area contributed by atoms with Crippen LogP contribution >= 0.6 is 11.7 Å². The fourth-order valence-electron chi connectivity index (χ4n) is 8.77. The van der Waals surface area contributed by atoms with Gasteiger partial charge in [0, 0.05) is 11.0 Å². The molecule has 0 saturated carbocycles. The zero-order chi connectivity index (χ0) is 35.1. The third kappa shape index (κ3) is 8.03. The number of hydrogen-bond donors (Lipinski definition) is 0. The quantitative estimate of drug-likeness (QED) is 0.0870. The van der Waals surface area contributed by atoms with Gasteiger partial charge in [-0.3, -0.25) is 0 Å². The maximum absolute atomic E-state index is 4.95. The Bertz CT molecular complexity index is 1640. The summed E-state index contributed by atoms with van der Waals surface area (Å²) in [7, 11) is 0. The molecular formula is C46H66N2S. The van der Waals surface area contributed by atoms with Crippen molar-refractivity contribution in [1.29, 1.82) is 0 Å². The molecule has 3 aromatic carbocycles. The van der Waals surface area contributed by atoms with E-state index < -0.39 is 0 Å². The number of rotatable bonds is 20. The molecule has 0 fully saturated rings. The molecule has 0 aliphatic heterocycles. The first-order chi connectivity index (χ1) is 23.6. The van der Waals surface area contributed by atoms with Crippen LogP contribution in [0.3, 0.4) is 0 Å². The fraction of sp³-hybridized carbons (Fsp3) is 0.609. The van der Waals surface area contributed by atoms with Crippen molar-refractivity contribution in [3.05, 3.63) is 70.8 Å². The highest BCUT2D eigenvalue weighted by Gasteiger charge is 2.43. The van der Waals surface area contributed by atoms with E-state index in [-0.39, 0.29) is 16.2 Å². The molecule has 266 valence electrons. The molecule has 0 N–H and O–H groups in total. The number of nitrogens with zero attached hydrogens (tertiary/aromatic N) is 2. The van der Waals surface area contributed by atoms with Crippen molar-refractivity contribution in [1.82, 2.24) is 8.75 Å². The minimum absolute atomic E-state index is 0.0541. The van der Waals surface area contributed by atoms with E-state index in [0.29, 0.717) is 0 Å². The van der Waals surface area contributed by atoms with Gasteiger partial charge in [-0.1, -0.05) is 181 Å². The predicted octanol–water partition coefficient (Wildman–Crippen LogP) is 14.9. The molecule has 2 nitrogen and oxygen atoms in total. The van der Waals surface area contributed by atoms with Crippen LogP contribution in [0, 0.1) is 0 Å². The Morgan fingerprint density at radius 1 is 0.551 bits per heavy atom. The van der Waals surface area contributed by atoms with Crippen LogP contribution in [0.15, 0.2) is 48.5 Å². The summed E-state index contributed by atoms with van der Waals surface area (Å²) in [5, 5.41) is 0. The lowest BCUT2D eigenvalue weighted by Gasteiger charge is -2.34. The number of hydrogen-bond acceptors (Lipinski definition) is 3. The van der Waals surface area contributed by atoms with E-state index in [1.165, 1.54) is 135 Å². The van der Waals surface area contributed by atoms with Crippen LogP contribution in [0.5, 0.6) is 0 Å². The number of benzene rings is 3. The minimum Gasteiger partial charge on any atom is -0.173 e. The monoisotopic (exact) mass is 678 g/mol. The molecule has 0 saturated heterocycles. The summed E-state index contributed by atoms with van der Waals surface area (Å²) in [5.41, 5.74) is 14.0. The van der Waals surface area contributed by atoms with Gasteiger partial charge in [-0.2, -0.15) is 8.75 Å². The summed E-state index contributed by atoms with van der Waals surface area (Å²) in [6.07, 6.45) is 22.0. The van der Waals surface area contributed by atoms with E-state index in [2.05, 4.69) is 104 Å². The number of aromatic nitrogens is 2. The highest BCUT2D eigenvalue weighted by Crippen LogP contribution is 2.56. The highest BCUT2D eigenvalue weighted by molar-refractivity contribution is 7.00. The van der Waals surface area contributed by atoms with Gasteiger partial charge in [-0.25, -0.2) is 0 Å². The molecule has 3 heteroatoms. The molecular weight excluding hydrogens is 613 g/mol. The van der Waals surface area contributed by atoms with E-state index in [1.54, 1.807) is 11.1 Å². The molecule has 0 atom stereocenters. The normalized spacial score (nSPS) is 14.0. The average molecular weight is 679 g/mol. The fourth-order valence-corrected chi connectivity index (χ4v) is 9.34. The summed E-state index contributed by atoms with van der Waals surface area (Å²) in [6.45, 7) is 18.9. The second kappa shape index (κ2) is 16.7. The van der Waals surface area contributed by atoms with Gasteiger partial charge in [0.25, 0.3) is 0 Å². The predicted molar refractivity (Wildman–Crippen MR) is 216 cm³/mol. The molecule has 0 unspecified atom stereocenters. The largest absolute Gasteiger partial charge is 0.173 e. The summed E-state index contributed by atoms with van der Waals surface area (Å²) in [5.74, 6) is 0. The van der Waals surface area contributed by atoms with Crippen LogP contribution in [0.4, 0.5) is 0 Å². The van der Waals surface area contributed by atoms with E-state index >= 15 is 0 Å². The maximum atomic E-state index is 4.95. The van der Waals surface area contributed by atoms with Gasteiger partial charge >= 0.3 is 0 Å². The lowest BCUT2D eigenvalue weighted by Crippen LogP contribution is -2.26. The van der Waals surface area contributed by atoms with Crippen LogP contribution in [-0.4, -0.2) is 8.75 Å². The SMILES string of the molecule is CCCCCCCCC1(CCCCCCCC)c2cc(-c3ccc(C(C)(C)CCC)c4nsnc34)ccc2-c2ccc(C(C)(C)CC)cc21. The molecule has 1 aromatic heterocycles. The molecule has 1 aliphatic carbocycles. The number of unbranched alkanes of at least 4 members (excludes halogenated alkanes) is 10. The molecule has 49 heavy (non-hydrogen) atoms. The highest BCUT2D eigenvalue weighted by atomic mass is 32.1. The smallest absolute Gasteiger partial charge is 0.112 e. The number of fused-ring (bicyclic) bond motifs is 4. The molecule has 1 heterocycles. The zero-order valence-corrected chi connectivity index (χ0v) is 33.3. The van der Waals surface area contributed by atoms with E-state index in [9.17, 15) is 0 Å². The Balaban J connectivity index is 1.62. The van der Waals surface area contributed by atoms with Gasteiger partial charge < -0.3 is 0 Å². The zero-order valence-electron chi connectivity index (χ0n) is 32.4. The third-order valence-electron chi connectivity index (χ3n) is 12.3. The van der Waals surface area contributed by atoms with Gasteiger partial charge in [0.2, 0.25) is 0 Å². The Hall–Kier alpha value is -2.52. The van der Waals surface area contributed by atoms with Crippen molar-refractivity contribution in [3.63, 3.8) is 0 Å². The van der Waals surface area contributed by atoms with E-state index in [0.717, 1.165) is 30.3 Å². The Labute approximate surface area is 304 Å². The van der Waals surface area contributed by atoms with Crippen LogP contribution in [0.25, 0.3) is 33.3 Å². The summed E-state index contributed by atoms with van der Waals surface area (Å²) in [4.78, 5) is 0. The Morgan fingerprint density at radius 3 is 1.71 bits per heavy atom. The van der Waals surface area contributed by atoms with Crippen LogP contribution < -0.4 is 0 Å². The molecule has 4 aromatic rings. The van der Waals surface area contributed by atoms with Gasteiger partial charge in [-0.15, -0.1) is 0 Å². The van der Waals surface area contributed by atoms with Crippen molar-refractivity contribution in [2.45, 2.75) is 181 Å². The first kappa shape index (κ1) is 37.7. The summed E-state index contributed by atoms with van der Waals surface area (Å²) >= 11 is 1.37. The summed E-state index contributed by atoms with van der Waals surface area (Å²) in [6, 6.07) is 19.7. The maximum Gasteiger partial charge on any atom is 0.112 e. The minimum atomic E-state index is 0.0541.